The molecule has 0 unspecified atom stereocenters. The Morgan fingerprint density at radius 2 is 1.34 bits per heavy atom. The minimum atomic E-state index is -4.36. The molecule has 218 valence electrons. The van der Waals surface area contributed by atoms with Gasteiger partial charge in [-0.25, -0.2) is 16.8 Å². The average Bonchev–Trinajstić information content (AvgIpc) is 3.23. The molecule has 2 aliphatic heterocycles. The summed E-state index contributed by atoms with van der Waals surface area (Å²) in [4.78, 5) is 1.89. The molecular weight excluding hydrogens is 560 g/mol. The highest BCUT2D eigenvalue weighted by atomic mass is 32.2. The smallest absolute Gasteiger partial charge is 0.209 e. The zero-order valence-electron chi connectivity index (χ0n) is 23.6. The molecule has 8 nitrogen and oxygen atoms in total. The van der Waals surface area contributed by atoms with Crippen LogP contribution >= 0.6 is 0 Å². The molecule has 0 atom stereocenters. The van der Waals surface area contributed by atoms with E-state index in [2.05, 4.69) is 27.7 Å². The second-order valence-electron chi connectivity index (χ2n) is 11.2. The largest absolute Gasteiger partial charge is 0.748 e. The van der Waals surface area contributed by atoms with Crippen LogP contribution in [0.15, 0.2) is 96.8 Å². The van der Waals surface area contributed by atoms with Crippen LogP contribution in [-0.4, -0.2) is 60.8 Å². The minimum absolute atomic E-state index is 0.0749. The van der Waals surface area contributed by atoms with Gasteiger partial charge in [0.1, 0.15) is 10.1 Å². The molecule has 0 fully saturated rings. The Balaban J connectivity index is 1.55. The lowest BCUT2D eigenvalue weighted by Gasteiger charge is -2.27. The number of hydrogen-bond acceptors (Lipinski definition) is 7. The highest BCUT2D eigenvalue weighted by Crippen LogP contribution is 2.47. The van der Waals surface area contributed by atoms with Crippen molar-refractivity contribution in [2.24, 2.45) is 0 Å². The van der Waals surface area contributed by atoms with Gasteiger partial charge in [0.25, 0.3) is 0 Å². The van der Waals surface area contributed by atoms with E-state index in [0.29, 0.717) is 0 Å². The monoisotopic (exact) mass is 595 g/mol. The van der Waals surface area contributed by atoms with E-state index < -0.39 is 31.7 Å². The summed E-state index contributed by atoms with van der Waals surface area (Å²) >= 11 is 0. The van der Waals surface area contributed by atoms with Crippen molar-refractivity contribution in [1.29, 1.82) is 0 Å². The first-order valence-corrected chi connectivity index (χ1v) is 16.5. The van der Waals surface area contributed by atoms with Crippen molar-refractivity contribution in [3.05, 3.63) is 108 Å². The predicted molar refractivity (Wildman–Crippen MR) is 161 cm³/mol. The summed E-state index contributed by atoms with van der Waals surface area (Å²) in [7, 11) is -8.73. The maximum atomic E-state index is 11.4. The molecule has 0 spiro atoms. The number of rotatable bonds is 10. The minimum Gasteiger partial charge on any atom is -0.748 e. The summed E-state index contributed by atoms with van der Waals surface area (Å²) in [5.74, 6) is -0.972. The lowest BCUT2D eigenvalue weighted by atomic mass is 9.81. The van der Waals surface area contributed by atoms with Crippen molar-refractivity contribution < 1.29 is 30.5 Å². The van der Waals surface area contributed by atoms with Gasteiger partial charge < -0.3 is 14.0 Å². The van der Waals surface area contributed by atoms with E-state index in [1.165, 1.54) is 0 Å². The second kappa shape index (κ2) is 11.5. The normalized spacial score (nSPS) is 19.3. The molecule has 0 N–H and O–H groups in total. The SMILES string of the molecule is CC1(C)C(/C=C/C=C/C=C/C=C2/N(CCS(=O)(=O)[O-])c3ccccc3C2(C)C)=[N+](CCS(=O)(=O)[O-])c2ccccc21. The van der Waals surface area contributed by atoms with Crippen LogP contribution in [0, 0.1) is 0 Å². The molecule has 2 aromatic carbocycles. The molecule has 2 aliphatic rings. The third-order valence-corrected chi connectivity index (χ3v) is 9.05. The fourth-order valence-electron chi connectivity index (χ4n) is 5.66. The van der Waals surface area contributed by atoms with Gasteiger partial charge in [0, 0.05) is 41.1 Å². The Hall–Kier alpha value is -3.31. The fraction of sp³-hybridized carbons (Fsp3) is 0.323. The van der Waals surface area contributed by atoms with Gasteiger partial charge in [0.15, 0.2) is 12.3 Å². The van der Waals surface area contributed by atoms with E-state index in [1.54, 1.807) is 0 Å². The van der Waals surface area contributed by atoms with E-state index >= 15 is 0 Å². The van der Waals surface area contributed by atoms with Crippen molar-refractivity contribution >= 4 is 37.3 Å². The predicted octanol–water partition coefficient (Wildman–Crippen LogP) is 4.50. The molecule has 0 aromatic heterocycles. The van der Waals surface area contributed by atoms with Gasteiger partial charge >= 0.3 is 0 Å². The van der Waals surface area contributed by atoms with Gasteiger partial charge in [0.2, 0.25) is 5.69 Å². The van der Waals surface area contributed by atoms with Gasteiger partial charge in [-0.05, 0) is 31.6 Å². The summed E-state index contributed by atoms with van der Waals surface area (Å²) in [5.41, 5.74) is 4.95. The number of anilines is 1. The maximum Gasteiger partial charge on any atom is 0.209 e. The molecule has 0 amide bonds. The molecule has 10 heteroatoms. The zero-order chi connectivity index (χ0) is 30.1. The number of benzene rings is 2. The summed E-state index contributed by atoms with van der Waals surface area (Å²) in [6.45, 7) is 8.42. The molecule has 0 aliphatic carbocycles. The van der Waals surface area contributed by atoms with Crippen LogP contribution in [0.3, 0.4) is 0 Å². The third kappa shape index (κ3) is 6.78. The molecule has 4 rings (SSSR count). The molecule has 2 heterocycles. The summed E-state index contributed by atoms with van der Waals surface area (Å²) < 4.78 is 70.0. The van der Waals surface area contributed by atoms with Crippen LogP contribution in [0.2, 0.25) is 0 Å². The first-order chi connectivity index (χ1) is 19.1. The molecule has 0 saturated carbocycles. The standard InChI is InChI=1S/C31H36N2O6S2/c1-30(2)24-14-10-12-16-26(24)32(20-22-40(34,35)36)28(30)18-8-6-5-7-9-19-29-31(3,4)25-15-11-13-17-27(25)33(29)21-23-41(37,38)39/h5-19H,20-23H2,1-4H3,(H-,34,35,36,37,38,39)/p-1. The summed E-state index contributed by atoms with van der Waals surface area (Å²) in [6, 6.07) is 15.6. The summed E-state index contributed by atoms with van der Waals surface area (Å²) in [5, 5.41) is 0. The number of hydrogen-bond donors (Lipinski definition) is 0. The average molecular weight is 596 g/mol. The Morgan fingerprint density at radius 1 is 0.756 bits per heavy atom. The van der Waals surface area contributed by atoms with Crippen molar-refractivity contribution in [1.82, 2.24) is 0 Å². The number of nitrogens with zero attached hydrogens (tertiary/aromatic N) is 2. The van der Waals surface area contributed by atoms with Crippen LogP contribution in [0.5, 0.6) is 0 Å². The molecule has 2 aromatic rings. The Kier molecular flexibility index (Phi) is 8.61. The molecule has 41 heavy (non-hydrogen) atoms. The first-order valence-electron chi connectivity index (χ1n) is 13.3. The third-order valence-electron chi connectivity index (χ3n) is 7.68. The fourth-order valence-corrected chi connectivity index (χ4v) is 6.47. The Labute approximate surface area is 243 Å². The van der Waals surface area contributed by atoms with E-state index in [0.717, 1.165) is 33.9 Å². The van der Waals surface area contributed by atoms with E-state index in [4.69, 9.17) is 0 Å². The van der Waals surface area contributed by atoms with E-state index in [9.17, 15) is 25.9 Å². The van der Waals surface area contributed by atoms with Crippen LogP contribution in [-0.2, 0) is 31.1 Å². The topological polar surface area (TPSA) is 121 Å². The van der Waals surface area contributed by atoms with Crippen molar-refractivity contribution in [3.8, 4) is 0 Å². The van der Waals surface area contributed by atoms with Gasteiger partial charge in [-0.3, -0.25) is 0 Å². The van der Waals surface area contributed by atoms with Gasteiger partial charge in [-0.2, -0.15) is 4.58 Å². The highest BCUT2D eigenvalue weighted by Gasteiger charge is 2.44. The van der Waals surface area contributed by atoms with Crippen molar-refractivity contribution in [2.75, 3.05) is 29.5 Å². The van der Waals surface area contributed by atoms with E-state index in [1.807, 2.05) is 101 Å². The van der Waals surface area contributed by atoms with Gasteiger partial charge in [0.05, 0.1) is 27.0 Å². The maximum absolute atomic E-state index is 11.4. The summed E-state index contributed by atoms with van der Waals surface area (Å²) in [6.07, 6.45) is 13.2. The number of para-hydroxylation sites is 2. The second-order valence-corrected chi connectivity index (χ2v) is 14.2. The quantitative estimate of drug-likeness (QED) is 0.225. The first kappa shape index (κ1) is 30.6. The molecule has 0 bridgehead atoms. The van der Waals surface area contributed by atoms with Crippen molar-refractivity contribution in [3.63, 3.8) is 0 Å². The highest BCUT2D eigenvalue weighted by molar-refractivity contribution is 7.85. The van der Waals surface area contributed by atoms with Crippen LogP contribution in [0.4, 0.5) is 11.4 Å². The zero-order valence-corrected chi connectivity index (χ0v) is 25.3. The van der Waals surface area contributed by atoms with Crippen LogP contribution in [0.1, 0.15) is 38.8 Å². The van der Waals surface area contributed by atoms with Crippen LogP contribution in [0.25, 0.3) is 0 Å². The van der Waals surface area contributed by atoms with Gasteiger partial charge in [-0.1, -0.05) is 80.6 Å². The molecule has 0 saturated heterocycles. The molecular formula is C31H35N2O6S2-. The van der Waals surface area contributed by atoms with E-state index in [-0.39, 0.29) is 23.9 Å². The Morgan fingerprint density at radius 3 is 2.02 bits per heavy atom. The van der Waals surface area contributed by atoms with Crippen molar-refractivity contribution in [2.45, 2.75) is 38.5 Å². The van der Waals surface area contributed by atoms with Gasteiger partial charge in [-0.15, -0.1) is 0 Å². The Bertz CT molecular complexity index is 1700. The number of allylic oxidation sites excluding steroid dienone is 8. The molecule has 0 radical (unpaired) electrons. The number of fused-ring (bicyclic) bond motifs is 2. The lowest BCUT2D eigenvalue weighted by molar-refractivity contribution is -0.432. The van der Waals surface area contributed by atoms with Crippen LogP contribution < -0.4 is 4.90 Å². The lowest BCUT2D eigenvalue weighted by Crippen LogP contribution is -2.30.